The van der Waals surface area contributed by atoms with E-state index in [1.807, 2.05) is 31.2 Å². The van der Waals surface area contributed by atoms with Crippen molar-refractivity contribution in [3.8, 4) is 28.7 Å². The lowest BCUT2D eigenvalue weighted by Crippen LogP contribution is -2.00. The summed E-state index contributed by atoms with van der Waals surface area (Å²) in [5, 5.41) is 5.17. The first-order chi connectivity index (χ1) is 13.1. The summed E-state index contributed by atoms with van der Waals surface area (Å²) in [5.74, 6) is 1.60. The predicted molar refractivity (Wildman–Crippen MR) is 101 cm³/mol. The van der Waals surface area contributed by atoms with Crippen LogP contribution in [0.5, 0.6) is 0 Å². The molecule has 0 radical (unpaired) electrons. The Balaban J connectivity index is 1.78. The van der Waals surface area contributed by atoms with Crippen LogP contribution in [0, 0.1) is 6.92 Å². The maximum absolute atomic E-state index is 6.00. The highest BCUT2D eigenvalue weighted by Crippen LogP contribution is 2.26. The van der Waals surface area contributed by atoms with E-state index in [9.17, 15) is 0 Å². The van der Waals surface area contributed by atoms with Crippen molar-refractivity contribution in [1.29, 1.82) is 0 Å². The smallest absolute Gasteiger partial charge is 0.226 e. The van der Waals surface area contributed by atoms with Gasteiger partial charge in [0.2, 0.25) is 5.89 Å². The lowest BCUT2D eigenvalue weighted by molar-refractivity contribution is 0.178. The summed E-state index contributed by atoms with van der Waals surface area (Å²) in [6.07, 6.45) is 3.29. The fraction of sp³-hybridized carbons (Fsp3) is 0.158. The van der Waals surface area contributed by atoms with Gasteiger partial charge in [-0.25, -0.2) is 14.6 Å². The molecule has 7 nitrogen and oxygen atoms in total. The third-order valence-electron chi connectivity index (χ3n) is 3.87. The number of rotatable bonds is 5. The Labute approximate surface area is 160 Å². The van der Waals surface area contributed by atoms with Crippen LogP contribution in [0.4, 0.5) is 0 Å². The lowest BCUT2D eigenvalue weighted by Gasteiger charge is -2.03. The van der Waals surface area contributed by atoms with Crippen LogP contribution in [-0.4, -0.2) is 31.8 Å². The van der Waals surface area contributed by atoms with Gasteiger partial charge in [0.15, 0.2) is 11.6 Å². The molecule has 0 saturated carbocycles. The normalized spacial score (nSPS) is 11.1. The zero-order valence-corrected chi connectivity index (χ0v) is 15.5. The molecule has 4 rings (SSSR count). The molecule has 3 heterocycles. The Bertz CT molecular complexity index is 1070. The Hall–Kier alpha value is -3.03. The van der Waals surface area contributed by atoms with Crippen molar-refractivity contribution >= 4 is 11.6 Å². The number of oxazole rings is 1. The third kappa shape index (κ3) is 3.60. The average molecular weight is 382 g/mol. The van der Waals surface area contributed by atoms with Crippen molar-refractivity contribution < 1.29 is 9.15 Å². The molecule has 0 amide bonds. The van der Waals surface area contributed by atoms with Crippen LogP contribution in [0.15, 0.2) is 53.3 Å². The van der Waals surface area contributed by atoms with Crippen LogP contribution < -0.4 is 0 Å². The molecule has 0 saturated heterocycles. The number of hydrogen-bond donors (Lipinski definition) is 0. The minimum atomic E-state index is 0.293. The summed E-state index contributed by atoms with van der Waals surface area (Å²) < 4.78 is 12.5. The second-order valence-corrected chi connectivity index (χ2v) is 6.33. The zero-order valence-electron chi connectivity index (χ0n) is 14.8. The standard InChI is InChI=1S/C19H16ClN5O2/c1-12-9-13(7-8-21-12)19-22-16(10-27-19)18-23-17(11-26-2)24-25(18)15-5-3-14(20)4-6-15/h3-10H,11H2,1-2H3. The molecule has 0 bridgehead atoms. The maximum atomic E-state index is 6.00. The minimum Gasteiger partial charge on any atom is -0.444 e. The number of nitrogens with zero attached hydrogens (tertiary/aromatic N) is 5. The molecule has 0 unspecified atom stereocenters. The molecular weight excluding hydrogens is 366 g/mol. The monoisotopic (exact) mass is 381 g/mol. The highest BCUT2D eigenvalue weighted by atomic mass is 35.5. The second kappa shape index (κ2) is 7.30. The van der Waals surface area contributed by atoms with Crippen molar-refractivity contribution in [2.45, 2.75) is 13.5 Å². The van der Waals surface area contributed by atoms with Gasteiger partial charge in [-0.15, -0.1) is 5.10 Å². The summed E-state index contributed by atoms with van der Waals surface area (Å²) in [5.41, 5.74) is 3.13. The highest BCUT2D eigenvalue weighted by molar-refractivity contribution is 6.30. The molecule has 0 fully saturated rings. The molecular formula is C19H16ClN5O2. The van der Waals surface area contributed by atoms with E-state index in [1.54, 1.807) is 36.4 Å². The Morgan fingerprint density at radius 2 is 1.96 bits per heavy atom. The largest absolute Gasteiger partial charge is 0.444 e. The van der Waals surface area contributed by atoms with Gasteiger partial charge in [-0.3, -0.25) is 4.98 Å². The molecule has 27 heavy (non-hydrogen) atoms. The van der Waals surface area contributed by atoms with Crippen LogP contribution in [0.3, 0.4) is 0 Å². The molecule has 0 atom stereocenters. The van der Waals surface area contributed by atoms with Gasteiger partial charge in [0.05, 0.1) is 5.69 Å². The van der Waals surface area contributed by atoms with Crippen molar-refractivity contribution in [2.75, 3.05) is 7.11 Å². The summed E-state index contributed by atoms with van der Waals surface area (Å²) in [6.45, 7) is 2.21. The number of methoxy groups -OCH3 is 1. The number of ether oxygens (including phenoxy) is 1. The minimum absolute atomic E-state index is 0.293. The molecule has 1 aromatic carbocycles. The van der Waals surface area contributed by atoms with Gasteiger partial charge in [0.1, 0.15) is 18.6 Å². The van der Waals surface area contributed by atoms with Gasteiger partial charge in [-0.1, -0.05) is 11.6 Å². The Morgan fingerprint density at radius 1 is 1.15 bits per heavy atom. The molecule has 4 aromatic rings. The van der Waals surface area contributed by atoms with Crippen LogP contribution in [0.1, 0.15) is 11.5 Å². The van der Waals surface area contributed by atoms with Gasteiger partial charge in [0.25, 0.3) is 0 Å². The van der Waals surface area contributed by atoms with Crippen LogP contribution >= 0.6 is 11.6 Å². The summed E-state index contributed by atoms with van der Waals surface area (Å²) in [4.78, 5) is 13.3. The molecule has 136 valence electrons. The van der Waals surface area contributed by atoms with Crippen LogP contribution in [-0.2, 0) is 11.3 Å². The topological polar surface area (TPSA) is 78.9 Å². The van der Waals surface area contributed by atoms with Gasteiger partial charge >= 0.3 is 0 Å². The van der Waals surface area contributed by atoms with E-state index in [0.29, 0.717) is 34.9 Å². The highest BCUT2D eigenvalue weighted by Gasteiger charge is 2.18. The lowest BCUT2D eigenvalue weighted by atomic mass is 10.2. The number of halogens is 1. The fourth-order valence-electron chi connectivity index (χ4n) is 2.66. The molecule has 8 heteroatoms. The zero-order chi connectivity index (χ0) is 18.8. The SMILES string of the molecule is COCc1nc(-c2coc(-c3ccnc(C)c3)n2)n(-c2ccc(Cl)cc2)n1. The van der Waals surface area contributed by atoms with Gasteiger partial charge in [0, 0.05) is 29.6 Å². The average Bonchev–Trinajstić information content (AvgIpc) is 3.30. The number of hydrogen-bond acceptors (Lipinski definition) is 6. The number of aromatic nitrogens is 5. The van der Waals surface area contributed by atoms with Crippen LogP contribution in [0.25, 0.3) is 28.7 Å². The van der Waals surface area contributed by atoms with E-state index >= 15 is 0 Å². The Kier molecular flexibility index (Phi) is 4.70. The first-order valence-corrected chi connectivity index (χ1v) is 8.61. The second-order valence-electron chi connectivity index (χ2n) is 5.90. The van der Waals surface area contributed by atoms with Gasteiger partial charge < -0.3 is 9.15 Å². The van der Waals surface area contributed by atoms with Gasteiger partial charge in [-0.05, 0) is 43.3 Å². The molecule has 0 aliphatic rings. The van der Waals surface area contributed by atoms with E-state index < -0.39 is 0 Å². The first-order valence-electron chi connectivity index (χ1n) is 8.24. The number of pyridine rings is 1. The molecule has 0 spiro atoms. The van der Waals surface area contributed by atoms with E-state index in [1.165, 1.54) is 0 Å². The van der Waals surface area contributed by atoms with Crippen molar-refractivity contribution in [2.24, 2.45) is 0 Å². The molecule has 0 aliphatic heterocycles. The van der Waals surface area contributed by atoms with Gasteiger partial charge in [-0.2, -0.15) is 0 Å². The van der Waals surface area contributed by atoms with E-state index in [4.69, 9.17) is 20.8 Å². The predicted octanol–water partition coefficient (Wildman–Crippen LogP) is 4.09. The number of benzene rings is 1. The van der Waals surface area contributed by atoms with Crippen LogP contribution in [0.2, 0.25) is 5.02 Å². The first kappa shape index (κ1) is 17.4. The van der Waals surface area contributed by atoms with E-state index in [2.05, 4.69) is 20.1 Å². The van der Waals surface area contributed by atoms with E-state index in [-0.39, 0.29) is 0 Å². The number of aryl methyl sites for hydroxylation is 1. The fourth-order valence-corrected chi connectivity index (χ4v) is 2.79. The quantitative estimate of drug-likeness (QED) is 0.518. The maximum Gasteiger partial charge on any atom is 0.226 e. The van der Waals surface area contributed by atoms with E-state index in [0.717, 1.165) is 16.9 Å². The third-order valence-corrected chi connectivity index (χ3v) is 4.12. The Morgan fingerprint density at radius 3 is 2.70 bits per heavy atom. The summed E-state index contributed by atoms with van der Waals surface area (Å²) in [7, 11) is 1.60. The van der Waals surface area contributed by atoms with Crippen molar-refractivity contribution in [3.05, 3.63) is 65.4 Å². The molecule has 0 N–H and O–H groups in total. The van der Waals surface area contributed by atoms with Crippen molar-refractivity contribution in [3.63, 3.8) is 0 Å². The summed E-state index contributed by atoms with van der Waals surface area (Å²) >= 11 is 6.00. The molecule has 3 aromatic heterocycles. The summed E-state index contributed by atoms with van der Waals surface area (Å²) in [6, 6.07) is 11.1. The van der Waals surface area contributed by atoms with Crippen molar-refractivity contribution in [1.82, 2.24) is 24.7 Å². The molecule has 0 aliphatic carbocycles.